The molecule has 3 aromatic heterocycles. The van der Waals surface area contributed by atoms with Gasteiger partial charge in [0.1, 0.15) is 12.7 Å². The Hall–Kier alpha value is -2.55. The third kappa shape index (κ3) is 1.19. The predicted octanol–water partition coefficient (Wildman–Crippen LogP) is -0.781. The molecule has 3 aromatic rings. The van der Waals surface area contributed by atoms with E-state index in [1.807, 2.05) is 0 Å². The van der Waals surface area contributed by atoms with Crippen molar-refractivity contribution in [2.24, 2.45) is 5.84 Å². The first-order valence-corrected chi connectivity index (χ1v) is 4.41. The van der Waals surface area contributed by atoms with Gasteiger partial charge in [0, 0.05) is 0 Å². The summed E-state index contributed by atoms with van der Waals surface area (Å²) in [6.07, 6.45) is 4.57. The fourth-order valence-corrected chi connectivity index (χ4v) is 1.38. The van der Waals surface area contributed by atoms with Gasteiger partial charge in [0.15, 0.2) is 11.5 Å². The summed E-state index contributed by atoms with van der Waals surface area (Å²) < 4.78 is 1.51. The van der Waals surface area contributed by atoms with Crippen LogP contribution in [0, 0.1) is 0 Å². The van der Waals surface area contributed by atoms with Gasteiger partial charge in [-0.15, -0.1) is 0 Å². The van der Waals surface area contributed by atoms with Gasteiger partial charge in [-0.05, 0) is 0 Å². The van der Waals surface area contributed by atoms with E-state index in [0.717, 1.165) is 5.39 Å². The Kier molecular flexibility index (Phi) is 1.77. The molecule has 0 spiro atoms. The standard InChI is InChI=1S/C7H7N9/c8-14-7-12-5-4(1-10-15-5)6(13-7)16-3-9-2-11-16/h1-3H,8H2,(H2,10,12,13,14,15). The van der Waals surface area contributed by atoms with Crippen LogP contribution in [0.15, 0.2) is 18.9 Å². The molecule has 0 aliphatic carbocycles. The SMILES string of the molecule is NNc1nc(-n2cncn2)c2cn[nH]c2n1. The zero-order valence-electron chi connectivity index (χ0n) is 7.99. The molecule has 9 heteroatoms. The molecule has 0 amide bonds. The van der Waals surface area contributed by atoms with E-state index >= 15 is 0 Å². The molecule has 0 unspecified atom stereocenters. The van der Waals surface area contributed by atoms with Crippen molar-refractivity contribution < 1.29 is 0 Å². The number of rotatable bonds is 2. The molecule has 4 N–H and O–H groups in total. The Balaban J connectivity index is 2.33. The molecule has 3 heterocycles. The van der Waals surface area contributed by atoms with Crippen molar-refractivity contribution in [1.82, 2.24) is 34.9 Å². The summed E-state index contributed by atoms with van der Waals surface area (Å²) in [5.74, 6) is 6.12. The van der Waals surface area contributed by atoms with E-state index < -0.39 is 0 Å². The molecule has 0 bridgehead atoms. The topological polar surface area (TPSA) is 123 Å². The second-order valence-corrected chi connectivity index (χ2v) is 2.99. The maximum atomic E-state index is 5.28. The van der Waals surface area contributed by atoms with Crippen LogP contribution in [0.3, 0.4) is 0 Å². The van der Waals surface area contributed by atoms with Crippen LogP contribution in [0.4, 0.5) is 5.95 Å². The normalized spacial score (nSPS) is 10.8. The van der Waals surface area contributed by atoms with Gasteiger partial charge in [0.25, 0.3) is 0 Å². The van der Waals surface area contributed by atoms with Crippen LogP contribution in [0.2, 0.25) is 0 Å². The molecular formula is C7H7N9. The van der Waals surface area contributed by atoms with Crippen molar-refractivity contribution in [3.8, 4) is 5.82 Å². The number of nitrogens with zero attached hydrogens (tertiary/aromatic N) is 6. The van der Waals surface area contributed by atoms with Crippen LogP contribution in [-0.4, -0.2) is 34.9 Å². The van der Waals surface area contributed by atoms with Crippen LogP contribution in [0.1, 0.15) is 0 Å². The Morgan fingerprint density at radius 1 is 1.38 bits per heavy atom. The van der Waals surface area contributed by atoms with Crippen LogP contribution < -0.4 is 11.3 Å². The zero-order valence-corrected chi connectivity index (χ0v) is 7.99. The lowest BCUT2D eigenvalue weighted by atomic mass is 10.4. The molecule has 0 saturated carbocycles. The van der Waals surface area contributed by atoms with E-state index in [1.165, 1.54) is 17.3 Å². The van der Waals surface area contributed by atoms with Crippen molar-refractivity contribution in [2.45, 2.75) is 0 Å². The largest absolute Gasteiger partial charge is 0.292 e. The first kappa shape index (κ1) is 8.73. The van der Waals surface area contributed by atoms with Gasteiger partial charge in [-0.25, -0.2) is 15.5 Å². The minimum Gasteiger partial charge on any atom is -0.292 e. The molecule has 9 nitrogen and oxygen atoms in total. The molecule has 16 heavy (non-hydrogen) atoms. The third-order valence-corrected chi connectivity index (χ3v) is 2.05. The lowest BCUT2D eigenvalue weighted by Gasteiger charge is -2.03. The Morgan fingerprint density at radius 3 is 3.06 bits per heavy atom. The molecule has 0 aliphatic heterocycles. The fourth-order valence-electron chi connectivity index (χ4n) is 1.38. The second-order valence-electron chi connectivity index (χ2n) is 2.99. The number of aromatic amines is 1. The number of nitrogens with one attached hydrogen (secondary N) is 2. The highest BCUT2D eigenvalue weighted by atomic mass is 15.4. The molecule has 0 saturated heterocycles. The highest BCUT2D eigenvalue weighted by Crippen LogP contribution is 2.17. The Bertz CT molecular complexity index is 610. The van der Waals surface area contributed by atoms with Crippen LogP contribution in [0.25, 0.3) is 16.9 Å². The van der Waals surface area contributed by atoms with Gasteiger partial charge >= 0.3 is 0 Å². The predicted molar refractivity (Wildman–Crippen MR) is 54.4 cm³/mol. The third-order valence-electron chi connectivity index (χ3n) is 2.05. The fraction of sp³-hybridized carbons (Fsp3) is 0. The monoisotopic (exact) mass is 217 g/mol. The number of fused-ring (bicyclic) bond motifs is 1. The number of H-pyrrole nitrogens is 1. The lowest BCUT2D eigenvalue weighted by Crippen LogP contribution is -2.12. The summed E-state index contributed by atoms with van der Waals surface area (Å²) in [4.78, 5) is 12.1. The number of nitrogens with two attached hydrogens (primary N) is 1. The van der Waals surface area contributed by atoms with Crippen molar-refractivity contribution in [3.05, 3.63) is 18.9 Å². The summed E-state index contributed by atoms with van der Waals surface area (Å²) >= 11 is 0. The zero-order chi connectivity index (χ0) is 11.0. The quantitative estimate of drug-likeness (QED) is 0.380. The minimum atomic E-state index is 0.280. The summed E-state index contributed by atoms with van der Waals surface area (Å²) in [5, 5.41) is 11.4. The molecule has 0 aromatic carbocycles. The molecule has 0 aliphatic rings. The van der Waals surface area contributed by atoms with Crippen LogP contribution in [0.5, 0.6) is 0 Å². The van der Waals surface area contributed by atoms with Gasteiger partial charge in [0.2, 0.25) is 5.95 Å². The summed E-state index contributed by atoms with van der Waals surface area (Å²) in [5.41, 5.74) is 2.96. The van der Waals surface area contributed by atoms with E-state index in [2.05, 4.69) is 35.7 Å². The van der Waals surface area contributed by atoms with Crippen LogP contribution in [-0.2, 0) is 0 Å². The second kappa shape index (κ2) is 3.24. The first-order valence-electron chi connectivity index (χ1n) is 4.41. The highest BCUT2D eigenvalue weighted by molar-refractivity contribution is 5.82. The summed E-state index contributed by atoms with van der Waals surface area (Å²) in [6.45, 7) is 0. The van der Waals surface area contributed by atoms with Crippen molar-refractivity contribution in [3.63, 3.8) is 0 Å². The summed E-state index contributed by atoms with van der Waals surface area (Å²) in [6, 6.07) is 0. The van der Waals surface area contributed by atoms with E-state index in [0.29, 0.717) is 11.5 Å². The van der Waals surface area contributed by atoms with Crippen molar-refractivity contribution >= 4 is 17.0 Å². The number of nitrogen functional groups attached to an aromatic ring is 1. The maximum Gasteiger partial charge on any atom is 0.241 e. The molecule has 0 atom stereocenters. The number of hydrogen-bond acceptors (Lipinski definition) is 7. The van der Waals surface area contributed by atoms with E-state index in [1.54, 1.807) is 6.20 Å². The Morgan fingerprint density at radius 2 is 2.31 bits per heavy atom. The molecule has 0 radical (unpaired) electrons. The minimum absolute atomic E-state index is 0.280. The maximum absolute atomic E-state index is 5.28. The van der Waals surface area contributed by atoms with Gasteiger partial charge in [-0.2, -0.15) is 20.2 Å². The van der Waals surface area contributed by atoms with E-state index in [9.17, 15) is 0 Å². The smallest absolute Gasteiger partial charge is 0.241 e. The number of anilines is 1. The average molecular weight is 217 g/mol. The van der Waals surface area contributed by atoms with E-state index in [-0.39, 0.29) is 5.95 Å². The van der Waals surface area contributed by atoms with Gasteiger partial charge < -0.3 is 0 Å². The van der Waals surface area contributed by atoms with Crippen LogP contribution >= 0.6 is 0 Å². The van der Waals surface area contributed by atoms with Crippen molar-refractivity contribution in [2.75, 3.05) is 5.43 Å². The molecular weight excluding hydrogens is 210 g/mol. The Labute approximate surface area is 88.7 Å². The molecule has 0 fully saturated rings. The van der Waals surface area contributed by atoms with Gasteiger partial charge in [-0.1, -0.05) is 0 Å². The molecule has 3 rings (SSSR count). The lowest BCUT2D eigenvalue weighted by molar-refractivity contribution is 0.849. The highest BCUT2D eigenvalue weighted by Gasteiger charge is 2.10. The average Bonchev–Trinajstić information content (AvgIpc) is 2.98. The number of aromatic nitrogens is 7. The van der Waals surface area contributed by atoms with Gasteiger partial charge in [-0.3, -0.25) is 10.5 Å². The van der Waals surface area contributed by atoms with Gasteiger partial charge in [0.05, 0.1) is 11.6 Å². The molecule has 80 valence electrons. The first-order chi connectivity index (χ1) is 7.88. The van der Waals surface area contributed by atoms with Crippen molar-refractivity contribution in [1.29, 1.82) is 0 Å². The summed E-state index contributed by atoms with van der Waals surface area (Å²) in [7, 11) is 0. The van der Waals surface area contributed by atoms with E-state index in [4.69, 9.17) is 5.84 Å². The number of hydrogen-bond donors (Lipinski definition) is 3. The number of hydrazine groups is 1.